The fourth-order valence-corrected chi connectivity index (χ4v) is 3.18. The fraction of sp³-hybridized carbons (Fsp3) is 0.286. The van der Waals surface area contributed by atoms with Gasteiger partial charge in [-0.15, -0.1) is 0 Å². The Morgan fingerprint density at radius 3 is 2.72 bits per heavy atom. The summed E-state index contributed by atoms with van der Waals surface area (Å²) in [5, 5.41) is 8.71. The molecule has 8 heteroatoms. The van der Waals surface area contributed by atoms with Gasteiger partial charge in [-0.05, 0) is 54.8 Å². The number of halogens is 1. The first-order valence-corrected chi connectivity index (χ1v) is 9.71. The zero-order valence-corrected chi connectivity index (χ0v) is 16.8. The maximum absolute atomic E-state index is 12.2. The summed E-state index contributed by atoms with van der Waals surface area (Å²) in [5.74, 6) is 0.304. The average molecular weight is 416 g/mol. The molecule has 0 fully saturated rings. The zero-order chi connectivity index (χ0) is 20.8. The van der Waals surface area contributed by atoms with E-state index >= 15 is 0 Å². The number of aryl methyl sites for hydroxylation is 1. The number of carbonyl (C=O) groups excluding carboxylic acids is 3. The van der Waals surface area contributed by atoms with Crippen molar-refractivity contribution in [3.8, 4) is 5.75 Å². The molecule has 0 bridgehead atoms. The lowest BCUT2D eigenvalue weighted by molar-refractivity contribution is -0.117. The van der Waals surface area contributed by atoms with Crippen LogP contribution in [0, 0.1) is 0 Å². The highest BCUT2D eigenvalue weighted by Gasteiger charge is 2.15. The Morgan fingerprint density at radius 2 is 1.93 bits per heavy atom. The third kappa shape index (κ3) is 5.96. The third-order valence-electron chi connectivity index (χ3n) is 4.36. The lowest BCUT2D eigenvalue weighted by Crippen LogP contribution is -2.18. The number of fused-ring (bicyclic) bond motifs is 1. The predicted molar refractivity (Wildman–Crippen MR) is 113 cm³/mol. The van der Waals surface area contributed by atoms with Gasteiger partial charge >= 0.3 is 0 Å². The summed E-state index contributed by atoms with van der Waals surface area (Å²) in [4.78, 5) is 34.9. The molecule has 2 aromatic rings. The molecule has 3 amide bonds. The highest BCUT2D eigenvalue weighted by atomic mass is 35.5. The molecule has 152 valence electrons. The predicted octanol–water partition coefficient (Wildman–Crippen LogP) is 3.98. The van der Waals surface area contributed by atoms with E-state index in [1.807, 2.05) is 12.1 Å². The number of nitrogens with one attached hydrogen (secondary N) is 3. The van der Waals surface area contributed by atoms with E-state index in [1.165, 1.54) is 6.92 Å². The Bertz CT molecular complexity index is 946. The molecular formula is C21H22ClN3O4. The number of anilines is 3. The van der Waals surface area contributed by atoms with E-state index in [9.17, 15) is 14.4 Å². The smallest absolute Gasteiger partial charge is 0.224 e. The van der Waals surface area contributed by atoms with E-state index in [1.54, 1.807) is 24.3 Å². The highest BCUT2D eigenvalue weighted by Crippen LogP contribution is 2.27. The Hall–Kier alpha value is -3.06. The van der Waals surface area contributed by atoms with Crippen molar-refractivity contribution in [1.82, 2.24) is 0 Å². The third-order valence-corrected chi connectivity index (χ3v) is 4.59. The molecule has 0 saturated heterocycles. The van der Waals surface area contributed by atoms with Crippen LogP contribution in [0.2, 0.25) is 5.02 Å². The van der Waals surface area contributed by atoms with Gasteiger partial charge in [-0.2, -0.15) is 0 Å². The van der Waals surface area contributed by atoms with Gasteiger partial charge in [-0.3, -0.25) is 14.4 Å². The average Bonchev–Trinajstić information content (AvgIpc) is 2.67. The maximum Gasteiger partial charge on any atom is 0.224 e. The molecule has 29 heavy (non-hydrogen) atoms. The van der Waals surface area contributed by atoms with E-state index in [4.69, 9.17) is 16.3 Å². The molecule has 0 aromatic heterocycles. The van der Waals surface area contributed by atoms with Crippen molar-refractivity contribution < 1.29 is 19.1 Å². The van der Waals surface area contributed by atoms with Gasteiger partial charge in [0.2, 0.25) is 17.7 Å². The van der Waals surface area contributed by atoms with Crippen LogP contribution in [0.25, 0.3) is 0 Å². The quantitative estimate of drug-likeness (QED) is 0.596. The zero-order valence-electron chi connectivity index (χ0n) is 16.0. The molecule has 1 aliphatic heterocycles. The Kier molecular flexibility index (Phi) is 6.72. The molecule has 0 unspecified atom stereocenters. The summed E-state index contributed by atoms with van der Waals surface area (Å²) >= 11 is 5.98. The van der Waals surface area contributed by atoms with Gasteiger partial charge in [0.25, 0.3) is 0 Å². The second kappa shape index (κ2) is 9.43. The topological polar surface area (TPSA) is 96.5 Å². The van der Waals surface area contributed by atoms with Crippen LogP contribution in [0.3, 0.4) is 0 Å². The molecule has 1 aliphatic rings. The Balaban J connectivity index is 1.48. The minimum absolute atomic E-state index is 0.0264. The molecule has 0 spiro atoms. The SMILES string of the molecule is CC(=O)Nc1ccc(Cl)cc1NC(=O)CCCOc1ccc2c(c1)CCC(=O)N2. The summed E-state index contributed by atoms with van der Waals surface area (Å²) in [6.07, 6.45) is 1.94. The van der Waals surface area contributed by atoms with Gasteiger partial charge in [0.05, 0.1) is 18.0 Å². The van der Waals surface area contributed by atoms with Crippen LogP contribution in [0.15, 0.2) is 36.4 Å². The maximum atomic E-state index is 12.2. The van der Waals surface area contributed by atoms with Crippen molar-refractivity contribution in [2.75, 3.05) is 22.6 Å². The van der Waals surface area contributed by atoms with Gasteiger partial charge in [0.15, 0.2) is 0 Å². The summed E-state index contributed by atoms with van der Waals surface area (Å²) in [6.45, 7) is 1.78. The molecule has 3 N–H and O–H groups in total. The van der Waals surface area contributed by atoms with Gasteiger partial charge in [0.1, 0.15) is 5.75 Å². The van der Waals surface area contributed by atoms with Crippen molar-refractivity contribution in [2.24, 2.45) is 0 Å². The number of benzene rings is 2. The summed E-state index contributed by atoms with van der Waals surface area (Å²) in [7, 11) is 0. The van der Waals surface area contributed by atoms with Gasteiger partial charge < -0.3 is 20.7 Å². The van der Waals surface area contributed by atoms with Crippen LogP contribution in [-0.2, 0) is 20.8 Å². The number of amides is 3. The summed E-state index contributed by atoms with van der Waals surface area (Å²) in [6, 6.07) is 10.4. The fourth-order valence-electron chi connectivity index (χ4n) is 3.00. The molecule has 1 heterocycles. The van der Waals surface area contributed by atoms with Gasteiger partial charge in [0, 0.05) is 30.5 Å². The molecule has 0 atom stereocenters. The van der Waals surface area contributed by atoms with Gasteiger partial charge in [-0.25, -0.2) is 0 Å². The van der Waals surface area contributed by atoms with Crippen molar-refractivity contribution in [3.05, 3.63) is 47.0 Å². The first kappa shape index (κ1) is 20.7. The van der Waals surface area contributed by atoms with Gasteiger partial charge in [-0.1, -0.05) is 11.6 Å². The highest BCUT2D eigenvalue weighted by molar-refractivity contribution is 6.31. The van der Waals surface area contributed by atoms with Crippen LogP contribution >= 0.6 is 11.6 Å². The minimum Gasteiger partial charge on any atom is -0.494 e. The van der Waals surface area contributed by atoms with Crippen molar-refractivity contribution in [1.29, 1.82) is 0 Å². The monoisotopic (exact) mass is 415 g/mol. The number of carbonyl (C=O) groups is 3. The number of hydrogen-bond acceptors (Lipinski definition) is 4. The van der Waals surface area contributed by atoms with Crippen LogP contribution in [0.1, 0.15) is 31.7 Å². The number of ether oxygens (including phenoxy) is 1. The normalized spacial score (nSPS) is 12.6. The Morgan fingerprint density at radius 1 is 1.10 bits per heavy atom. The van der Waals surface area contributed by atoms with Crippen LogP contribution in [0.5, 0.6) is 5.75 Å². The molecule has 0 radical (unpaired) electrons. The second-order valence-corrected chi connectivity index (χ2v) is 7.17. The lowest BCUT2D eigenvalue weighted by atomic mass is 10.0. The molecule has 0 aliphatic carbocycles. The standard InChI is InChI=1S/C21H22ClN3O4/c1-13(26)23-18-7-5-15(22)12-19(18)25-20(27)3-2-10-29-16-6-8-17-14(11-16)4-9-21(28)24-17/h5-8,11-12H,2-4,9-10H2,1H3,(H,23,26)(H,24,28)(H,25,27). The Labute approximate surface area is 173 Å². The summed E-state index contributed by atoms with van der Waals surface area (Å²) < 4.78 is 5.72. The number of hydrogen-bond donors (Lipinski definition) is 3. The van der Waals surface area contributed by atoms with E-state index in [0.717, 1.165) is 11.3 Å². The lowest BCUT2D eigenvalue weighted by Gasteiger charge is -2.17. The first-order chi connectivity index (χ1) is 13.9. The van der Waals surface area contributed by atoms with Crippen molar-refractivity contribution >= 4 is 46.4 Å². The van der Waals surface area contributed by atoms with E-state index in [2.05, 4.69) is 16.0 Å². The van der Waals surface area contributed by atoms with Crippen LogP contribution in [-0.4, -0.2) is 24.3 Å². The van der Waals surface area contributed by atoms with Crippen LogP contribution < -0.4 is 20.7 Å². The van der Waals surface area contributed by atoms with E-state index < -0.39 is 0 Å². The van der Waals surface area contributed by atoms with Crippen molar-refractivity contribution in [2.45, 2.75) is 32.6 Å². The summed E-state index contributed by atoms with van der Waals surface area (Å²) in [5.41, 5.74) is 2.82. The van der Waals surface area contributed by atoms with Crippen molar-refractivity contribution in [3.63, 3.8) is 0 Å². The van der Waals surface area contributed by atoms with Crippen LogP contribution in [0.4, 0.5) is 17.1 Å². The molecule has 2 aromatic carbocycles. The largest absolute Gasteiger partial charge is 0.494 e. The second-order valence-electron chi connectivity index (χ2n) is 6.74. The van der Waals surface area contributed by atoms with E-state index in [-0.39, 0.29) is 24.1 Å². The molecule has 0 saturated carbocycles. The van der Waals surface area contributed by atoms with E-state index in [0.29, 0.717) is 48.0 Å². The molecule has 7 nitrogen and oxygen atoms in total. The minimum atomic E-state index is -0.235. The first-order valence-electron chi connectivity index (χ1n) is 9.33. The molecular weight excluding hydrogens is 394 g/mol. The number of rotatable bonds is 7. The molecule has 3 rings (SSSR count).